The lowest BCUT2D eigenvalue weighted by atomic mass is 10.2. The third-order valence-electron chi connectivity index (χ3n) is 2.98. The molecule has 1 aliphatic heterocycles. The number of nitrogens with zero attached hydrogens (tertiary/aromatic N) is 1. The molecule has 0 radical (unpaired) electrons. The van der Waals surface area contributed by atoms with Gasteiger partial charge in [0.25, 0.3) is 5.91 Å². The van der Waals surface area contributed by atoms with Crippen LogP contribution in [0, 0.1) is 0 Å². The average Bonchev–Trinajstić information content (AvgIpc) is 2.80. The molecule has 0 saturated carbocycles. The van der Waals surface area contributed by atoms with Gasteiger partial charge in [0.15, 0.2) is 5.76 Å². The molecule has 1 aliphatic rings. The molecule has 0 spiro atoms. The second kappa shape index (κ2) is 4.61. The van der Waals surface area contributed by atoms with E-state index in [9.17, 15) is 9.59 Å². The highest BCUT2D eigenvalue weighted by molar-refractivity contribution is 5.96. The van der Waals surface area contributed by atoms with Crippen molar-refractivity contribution in [3.63, 3.8) is 0 Å². The van der Waals surface area contributed by atoms with Gasteiger partial charge in [-0.3, -0.25) is 9.59 Å². The third-order valence-corrected chi connectivity index (χ3v) is 2.98. The predicted molar refractivity (Wildman–Crippen MR) is 61.6 cm³/mol. The van der Waals surface area contributed by atoms with E-state index in [1.54, 1.807) is 19.1 Å². The fourth-order valence-electron chi connectivity index (χ4n) is 1.88. The molecule has 1 aromatic rings. The van der Waals surface area contributed by atoms with Gasteiger partial charge in [-0.2, -0.15) is 0 Å². The van der Waals surface area contributed by atoms with Crippen molar-refractivity contribution in [1.29, 1.82) is 0 Å². The Hall–Kier alpha value is -1.78. The summed E-state index contributed by atoms with van der Waals surface area (Å²) in [5, 5.41) is 2.72. The lowest BCUT2D eigenvalue weighted by Crippen LogP contribution is -2.55. The first kappa shape index (κ1) is 11.7. The van der Waals surface area contributed by atoms with Crippen molar-refractivity contribution in [3.8, 4) is 0 Å². The highest BCUT2D eigenvalue weighted by Crippen LogP contribution is 2.14. The summed E-state index contributed by atoms with van der Waals surface area (Å²) < 4.78 is 5.41. The molecule has 1 aromatic heterocycles. The Morgan fingerprint density at radius 1 is 1.59 bits per heavy atom. The summed E-state index contributed by atoms with van der Waals surface area (Å²) in [4.78, 5) is 25.1. The molecule has 2 heterocycles. The summed E-state index contributed by atoms with van der Waals surface area (Å²) in [6.07, 6.45) is 0.753. The molecule has 1 N–H and O–H groups in total. The fraction of sp³-hybridized carbons (Fsp3) is 0.500. The quantitative estimate of drug-likeness (QED) is 0.826. The number of carbonyl (C=O) groups is 2. The molecule has 0 aliphatic carbocycles. The van der Waals surface area contributed by atoms with E-state index in [1.165, 1.54) is 4.90 Å². The van der Waals surface area contributed by atoms with Gasteiger partial charge in [0, 0.05) is 19.5 Å². The number of nitrogens with one attached hydrogen (secondary N) is 1. The van der Waals surface area contributed by atoms with Gasteiger partial charge in [-0.25, -0.2) is 0 Å². The Morgan fingerprint density at radius 2 is 2.35 bits per heavy atom. The van der Waals surface area contributed by atoms with Gasteiger partial charge in [0.05, 0.1) is 0 Å². The molecule has 2 rings (SSSR count). The molecule has 1 fully saturated rings. The summed E-state index contributed by atoms with van der Waals surface area (Å²) in [5.41, 5.74) is 0. The summed E-state index contributed by atoms with van der Waals surface area (Å²) in [6.45, 7) is 4.70. The van der Waals surface area contributed by atoms with E-state index in [0.717, 1.165) is 12.2 Å². The molecular weight excluding hydrogens is 220 g/mol. The summed E-state index contributed by atoms with van der Waals surface area (Å²) in [6, 6.07) is 3.02. The minimum atomic E-state index is -0.438. The molecule has 17 heavy (non-hydrogen) atoms. The Morgan fingerprint density at radius 3 is 3.00 bits per heavy atom. The van der Waals surface area contributed by atoms with Crippen LogP contribution in [0.4, 0.5) is 0 Å². The topological polar surface area (TPSA) is 62.6 Å². The van der Waals surface area contributed by atoms with Crippen LogP contribution in [0.5, 0.6) is 0 Å². The van der Waals surface area contributed by atoms with E-state index in [0.29, 0.717) is 18.8 Å². The summed E-state index contributed by atoms with van der Waals surface area (Å²) >= 11 is 0. The van der Waals surface area contributed by atoms with Gasteiger partial charge in [0.1, 0.15) is 11.8 Å². The molecule has 5 nitrogen and oxygen atoms in total. The van der Waals surface area contributed by atoms with Crippen LogP contribution in [-0.2, 0) is 11.2 Å². The van der Waals surface area contributed by atoms with Crippen LogP contribution in [0.25, 0.3) is 0 Å². The lowest BCUT2D eigenvalue weighted by Gasteiger charge is -2.32. The fourth-order valence-corrected chi connectivity index (χ4v) is 1.88. The number of rotatable bonds is 2. The van der Waals surface area contributed by atoms with Gasteiger partial charge >= 0.3 is 0 Å². The SMILES string of the molecule is CCc1ccc(C(=O)N2CCNC(=O)C2C)o1. The number of hydrogen-bond donors (Lipinski definition) is 1. The standard InChI is InChI=1S/C12H16N2O3/c1-3-9-4-5-10(17-9)12(16)14-7-6-13-11(15)8(14)2/h4-5,8H,3,6-7H2,1-2H3,(H,13,15). The summed E-state index contributed by atoms with van der Waals surface area (Å²) in [5.74, 6) is 0.754. The highest BCUT2D eigenvalue weighted by atomic mass is 16.4. The molecule has 1 atom stereocenters. The first-order valence-corrected chi connectivity index (χ1v) is 5.81. The number of amides is 2. The second-order valence-electron chi connectivity index (χ2n) is 4.09. The van der Waals surface area contributed by atoms with E-state index < -0.39 is 6.04 Å². The lowest BCUT2D eigenvalue weighted by molar-refractivity contribution is -0.127. The Kier molecular flexibility index (Phi) is 3.17. The largest absolute Gasteiger partial charge is 0.456 e. The van der Waals surface area contributed by atoms with Gasteiger partial charge < -0.3 is 14.6 Å². The molecular formula is C12H16N2O3. The number of carbonyl (C=O) groups excluding carboxylic acids is 2. The van der Waals surface area contributed by atoms with Gasteiger partial charge in [-0.05, 0) is 19.1 Å². The molecule has 1 saturated heterocycles. The van der Waals surface area contributed by atoms with Crippen molar-refractivity contribution < 1.29 is 14.0 Å². The molecule has 2 amide bonds. The van der Waals surface area contributed by atoms with Gasteiger partial charge in [0.2, 0.25) is 5.91 Å². The molecule has 5 heteroatoms. The minimum Gasteiger partial charge on any atom is -0.456 e. The number of furan rings is 1. The van der Waals surface area contributed by atoms with Crippen molar-refractivity contribution in [2.75, 3.05) is 13.1 Å². The van der Waals surface area contributed by atoms with E-state index in [-0.39, 0.29) is 11.8 Å². The van der Waals surface area contributed by atoms with Crippen LogP contribution in [0.2, 0.25) is 0 Å². The minimum absolute atomic E-state index is 0.119. The molecule has 92 valence electrons. The van der Waals surface area contributed by atoms with E-state index in [2.05, 4.69) is 5.32 Å². The zero-order chi connectivity index (χ0) is 12.4. The van der Waals surface area contributed by atoms with E-state index in [1.807, 2.05) is 6.92 Å². The summed E-state index contributed by atoms with van der Waals surface area (Å²) in [7, 11) is 0. The second-order valence-corrected chi connectivity index (χ2v) is 4.09. The number of aryl methyl sites for hydroxylation is 1. The van der Waals surface area contributed by atoms with Crippen LogP contribution < -0.4 is 5.32 Å². The van der Waals surface area contributed by atoms with Crippen molar-refractivity contribution in [2.24, 2.45) is 0 Å². The maximum absolute atomic E-state index is 12.1. The number of piperazine rings is 1. The van der Waals surface area contributed by atoms with Crippen LogP contribution in [0.3, 0.4) is 0 Å². The highest BCUT2D eigenvalue weighted by Gasteiger charge is 2.31. The predicted octanol–water partition coefficient (Wildman–Crippen LogP) is 0.802. The zero-order valence-corrected chi connectivity index (χ0v) is 10.0. The van der Waals surface area contributed by atoms with Crippen LogP contribution in [-0.4, -0.2) is 35.8 Å². The molecule has 1 unspecified atom stereocenters. The maximum atomic E-state index is 12.1. The molecule has 0 bridgehead atoms. The van der Waals surface area contributed by atoms with Crippen molar-refractivity contribution >= 4 is 11.8 Å². The third kappa shape index (κ3) is 2.18. The Labute approximate surface area is 99.8 Å². The van der Waals surface area contributed by atoms with Crippen molar-refractivity contribution in [1.82, 2.24) is 10.2 Å². The Bertz CT molecular complexity index is 439. The monoisotopic (exact) mass is 236 g/mol. The van der Waals surface area contributed by atoms with Gasteiger partial charge in [-0.15, -0.1) is 0 Å². The first-order valence-electron chi connectivity index (χ1n) is 5.81. The van der Waals surface area contributed by atoms with E-state index in [4.69, 9.17) is 4.42 Å². The first-order chi connectivity index (χ1) is 8.13. The van der Waals surface area contributed by atoms with Gasteiger partial charge in [-0.1, -0.05) is 6.92 Å². The molecule has 0 aromatic carbocycles. The zero-order valence-electron chi connectivity index (χ0n) is 10.0. The normalized spacial score (nSPS) is 20.2. The van der Waals surface area contributed by atoms with Crippen LogP contribution >= 0.6 is 0 Å². The number of hydrogen-bond acceptors (Lipinski definition) is 3. The van der Waals surface area contributed by atoms with Crippen LogP contribution in [0.15, 0.2) is 16.5 Å². The average molecular weight is 236 g/mol. The van der Waals surface area contributed by atoms with Crippen LogP contribution in [0.1, 0.15) is 30.2 Å². The Balaban J connectivity index is 2.16. The van der Waals surface area contributed by atoms with E-state index >= 15 is 0 Å². The van der Waals surface area contributed by atoms with Crippen molar-refractivity contribution in [3.05, 3.63) is 23.7 Å². The van der Waals surface area contributed by atoms with Crippen molar-refractivity contribution in [2.45, 2.75) is 26.3 Å². The maximum Gasteiger partial charge on any atom is 0.290 e. The smallest absolute Gasteiger partial charge is 0.290 e.